The first-order valence-electron chi connectivity index (χ1n) is 22.5. The van der Waals surface area contributed by atoms with E-state index in [4.69, 9.17) is 37.9 Å². The van der Waals surface area contributed by atoms with E-state index in [9.17, 15) is 38.4 Å². The SMILES string of the molecule is CCC(C)(C)C(=O)OC1(C)CC(=O)OC1(C)C.CCC(C)(C)C(=O)OC1(C)CC(C)(C)OC1=O.CCC(C)(C)C(=O)OC1(C)CCOC1=O.CCC(C)(C)C(=O)OC1CC(C)OC1=O. The molecule has 0 N–H and O–H groups in total. The van der Waals surface area contributed by atoms with Crippen molar-refractivity contribution in [1.29, 1.82) is 0 Å². The van der Waals surface area contributed by atoms with Crippen molar-refractivity contribution in [3.8, 4) is 0 Å². The summed E-state index contributed by atoms with van der Waals surface area (Å²) in [6, 6.07) is 0. The molecule has 4 fully saturated rings. The van der Waals surface area contributed by atoms with Crippen LogP contribution in [0.2, 0.25) is 0 Å². The van der Waals surface area contributed by atoms with Crippen molar-refractivity contribution < 1.29 is 76.3 Å². The lowest BCUT2D eigenvalue weighted by Crippen LogP contribution is -2.49. The van der Waals surface area contributed by atoms with E-state index in [1.807, 2.05) is 69.2 Å². The monoisotopic (exact) mass is 913 g/mol. The van der Waals surface area contributed by atoms with Gasteiger partial charge in [0.2, 0.25) is 17.3 Å². The van der Waals surface area contributed by atoms with Gasteiger partial charge in [0.25, 0.3) is 0 Å². The van der Waals surface area contributed by atoms with Crippen molar-refractivity contribution in [3.05, 3.63) is 0 Å². The molecule has 0 aromatic heterocycles. The van der Waals surface area contributed by atoms with E-state index in [1.165, 1.54) is 0 Å². The minimum Gasteiger partial charge on any atom is -0.463 e. The molecular weight excluding hydrogens is 833 g/mol. The second-order valence-electron chi connectivity index (χ2n) is 21.6. The Morgan fingerprint density at radius 3 is 1.36 bits per heavy atom. The molecule has 4 heterocycles. The van der Waals surface area contributed by atoms with Gasteiger partial charge in [-0.1, -0.05) is 27.7 Å². The Bertz CT molecular complexity index is 1740. The molecule has 5 unspecified atom stereocenters. The van der Waals surface area contributed by atoms with Crippen LogP contribution in [0.4, 0.5) is 0 Å². The van der Waals surface area contributed by atoms with Gasteiger partial charge in [-0.05, 0) is 136 Å². The molecule has 0 aromatic carbocycles. The van der Waals surface area contributed by atoms with Crippen LogP contribution in [0.3, 0.4) is 0 Å². The average Bonchev–Trinajstić information content (AvgIpc) is 3.80. The molecule has 4 aliphatic rings. The molecule has 5 atom stereocenters. The molecule has 16 nitrogen and oxygen atoms in total. The van der Waals surface area contributed by atoms with Crippen LogP contribution in [0, 0.1) is 21.7 Å². The van der Waals surface area contributed by atoms with Gasteiger partial charge in [-0.25, -0.2) is 14.4 Å². The van der Waals surface area contributed by atoms with Gasteiger partial charge >= 0.3 is 47.8 Å². The van der Waals surface area contributed by atoms with E-state index in [-0.39, 0.29) is 42.4 Å². The first kappa shape index (κ1) is 57.8. The van der Waals surface area contributed by atoms with Gasteiger partial charge < -0.3 is 37.9 Å². The smallest absolute Gasteiger partial charge is 0.351 e. The number of rotatable bonds is 12. The molecule has 16 heteroatoms. The number of esters is 8. The number of cyclic esters (lactones) is 4. The van der Waals surface area contributed by atoms with Crippen molar-refractivity contribution >= 4 is 47.8 Å². The zero-order valence-electron chi connectivity index (χ0n) is 42.6. The fourth-order valence-electron chi connectivity index (χ4n) is 5.83. The standard InChI is InChI=1S/2C13H22O4.2C11H18O4/c1-7-11(2,3)9(14)17-13(6)8-12(4,5)16-10(13)15;1-7-11(2,3)10(15)17-13(6)8-9(14)16-12(13,4)5;1-5-10(2,3)8(12)15-11(4)6-7-14-9(11)13;1-5-11(3,4)10(13)15-8-6-7(2)14-9(8)12/h2*7-8H2,1-6H3;5-7H2,1-4H3;7-8H,5-6H2,1-4H3. The molecule has 4 saturated heterocycles. The summed E-state index contributed by atoms with van der Waals surface area (Å²) in [5.41, 5.74) is -6.64. The molecule has 4 rings (SSSR count). The maximum Gasteiger partial charge on any atom is 0.351 e. The maximum atomic E-state index is 12.1. The van der Waals surface area contributed by atoms with E-state index < -0.39 is 73.7 Å². The Balaban J connectivity index is 0.000000427. The average molecular weight is 913 g/mol. The van der Waals surface area contributed by atoms with Gasteiger partial charge in [0.15, 0.2) is 5.60 Å². The normalized spacial score (nSPS) is 27.1. The second kappa shape index (κ2) is 20.9. The summed E-state index contributed by atoms with van der Waals surface area (Å²) in [5, 5.41) is 0. The predicted molar refractivity (Wildman–Crippen MR) is 235 cm³/mol. The highest BCUT2D eigenvalue weighted by molar-refractivity contribution is 5.87. The topological polar surface area (TPSA) is 210 Å². The van der Waals surface area contributed by atoms with E-state index in [1.54, 1.807) is 69.2 Å². The Kier molecular flexibility index (Phi) is 18.9. The van der Waals surface area contributed by atoms with Crippen LogP contribution in [0.25, 0.3) is 0 Å². The van der Waals surface area contributed by atoms with Gasteiger partial charge in [-0.15, -0.1) is 0 Å². The van der Waals surface area contributed by atoms with Gasteiger partial charge in [0.05, 0.1) is 34.7 Å². The number of hydrogen-bond donors (Lipinski definition) is 0. The van der Waals surface area contributed by atoms with Crippen LogP contribution in [0.15, 0.2) is 0 Å². The summed E-state index contributed by atoms with van der Waals surface area (Å²) in [6.45, 7) is 36.4. The van der Waals surface area contributed by atoms with Crippen molar-refractivity contribution in [1.82, 2.24) is 0 Å². The third-order valence-electron chi connectivity index (χ3n) is 13.0. The van der Waals surface area contributed by atoms with Crippen molar-refractivity contribution in [3.63, 3.8) is 0 Å². The van der Waals surface area contributed by atoms with Gasteiger partial charge in [0, 0.05) is 19.3 Å². The highest BCUT2D eigenvalue weighted by Gasteiger charge is 2.56. The molecule has 4 aliphatic heterocycles. The summed E-state index contributed by atoms with van der Waals surface area (Å²) in [4.78, 5) is 93.2. The first-order valence-corrected chi connectivity index (χ1v) is 22.5. The fraction of sp³-hybridized carbons (Fsp3) is 0.833. The highest BCUT2D eigenvalue weighted by atomic mass is 16.6. The Labute approximate surface area is 381 Å². The molecule has 64 heavy (non-hydrogen) atoms. The molecule has 368 valence electrons. The number of ether oxygens (including phenoxy) is 8. The van der Waals surface area contributed by atoms with Crippen molar-refractivity contribution in [2.75, 3.05) is 6.61 Å². The molecule has 0 aromatic rings. The predicted octanol–water partition coefficient (Wildman–Crippen LogP) is 8.24. The summed E-state index contributed by atoms with van der Waals surface area (Å²) in [5.74, 6) is -2.95. The van der Waals surface area contributed by atoms with E-state index >= 15 is 0 Å². The Morgan fingerprint density at radius 1 is 0.609 bits per heavy atom. The number of carbonyl (C=O) groups excluding carboxylic acids is 8. The number of carbonyl (C=O) groups is 8. The summed E-state index contributed by atoms with van der Waals surface area (Å²) >= 11 is 0. The molecular formula is C48H80O16. The lowest BCUT2D eigenvalue weighted by molar-refractivity contribution is -0.184. The lowest BCUT2D eigenvalue weighted by Gasteiger charge is -2.36. The van der Waals surface area contributed by atoms with Crippen molar-refractivity contribution in [2.45, 2.75) is 230 Å². The lowest BCUT2D eigenvalue weighted by atomic mass is 9.85. The molecule has 0 spiro atoms. The molecule has 0 amide bonds. The number of hydrogen-bond acceptors (Lipinski definition) is 16. The largest absolute Gasteiger partial charge is 0.463 e. The minimum absolute atomic E-state index is 0.117. The fourth-order valence-corrected chi connectivity index (χ4v) is 5.83. The van der Waals surface area contributed by atoms with Crippen LogP contribution >= 0.6 is 0 Å². The van der Waals surface area contributed by atoms with Gasteiger partial charge in [0.1, 0.15) is 17.3 Å². The molecule has 0 bridgehead atoms. The maximum absolute atomic E-state index is 12.1. The molecule has 0 aliphatic carbocycles. The molecule has 0 saturated carbocycles. The van der Waals surface area contributed by atoms with Crippen LogP contribution < -0.4 is 0 Å². The quantitative estimate of drug-likeness (QED) is 0.133. The van der Waals surface area contributed by atoms with Crippen LogP contribution in [-0.2, 0) is 76.3 Å². The van der Waals surface area contributed by atoms with E-state index in [0.717, 1.165) is 0 Å². The summed E-state index contributed by atoms with van der Waals surface area (Å²) in [7, 11) is 0. The first-order chi connectivity index (χ1) is 28.7. The Morgan fingerprint density at radius 2 is 1.03 bits per heavy atom. The zero-order valence-corrected chi connectivity index (χ0v) is 42.6. The minimum atomic E-state index is -1.15. The Hall–Kier alpha value is -4.24. The van der Waals surface area contributed by atoms with Gasteiger partial charge in [-0.2, -0.15) is 0 Å². The van der Waals surface area contributed by atoms with E-state index in [0.29, 0.717) is 51.6 Å². The third kappa shape index (κ3) is 14.9. The van der Waals surface area contributed by atoms with Crippen LogP contribution in [0.5, 0.6) is 0 Å². The third-order valence-corrected chi connectivity index (χ3v) is 13.0. The summed E-state index contributed by atoms with van der Waals surface area (Å²) in [6.07, 6.45) is 3.27. The van der Waals surface area contributed by atoms with Gasteiger partial charge in [-0.3, -0.25) is 24.0 Å². The summed E-state index contributed by atoms with van der Waals surface area (Å²) < 4.78 is 41.4. The molecule has 0 radical (unpaired) electrons. The van der Waals surface area contributed by atoms with E-state index in [2.05, 4.69) is 0 Å². The zero-order chi connectivity index (χ0) is 50.3. The second-order valence-corrected chi connectivity index (χ2v) is 21.6. The highest BCUT2D eigenvalue weighted by Crippen LogP contribution is 2.41. The van der Waals surface area contributed by atoms with Crippen LogP contribution in [-0.4, -0.2) is 94.6 Å². The van der Waals surface area contributed by atoms with Crippen LogP contribution in [0.1, 0.15) is 190 Å². The van der Waals surface area contributed by atoms with Crippen molar-refractivity contribution in [2.24, 2.45) is 21.7 Å².